The first-order chi connectivity index (χ1) is 15.3. The summed E-state index contributed by atoms with van der Waals surface area (Å²) in [4.78, 5) is 44.1. The Morgan fingerprint density at radius 2 is 2.12 bits per heavy atom. The van der Waals surface area contributed by atoms with Crippen LogP contribution in [0.2, 0.25) is 0 Å². The Morgan fingerprint density at radius 1 is 1.34 bits per heavy atom. The number of thiophene rings is 1. The highest BCUT2D eigenvalue weighted by atomic mass is 32.2. The third-order valence-electron chi connectivity index (χ3n) is 6.94. The van der Waals surface area contributed by atoms with Gasteiger partial charge in [-0.2, -0.15) is 0 Å². The van der Waals surface area contributed by atoms with Crippen LogP contribution in [0.25, 0.3) is 10.2 Å². The normalized spacial score (nSPS) is 22.8. The number of imide groups is 1. The molecule has 172 valence electrons. The van der Waals surface area contributed by atoms with Crippen LogP contribution in [0.15, 0.2) is 22.6 Å². The Morgan fingerprint density at radius 3 is 2.78 bits per heavy atom. The third-order valence-corrected chi connectivity index (χ3v) is 9.02. The predicted octanol–water partition coefficient (Wildman–Crippen LogP) is 4.00. The van der Waals surface area contributed by atoms with Crippen LogP contribution in [0.3, 0.4) is 0 Å². The number of fused-ring (bicyclic) bond motifs is 3. The molecule has 0 aromatic carbocycles. The van der Waals surface area contributed by atoms with Crippen LogP contribution in [-0.2, 0) is 11.3 Å². The molecule has 2 heterocycles. The zero-order valence-corrected chi connectivity index (χ0v) is 20.4. The highest BCUT2D eigenvalue weighted by Gasteiger charge is 2.42. The topological polar surface area (TPSA) is 93.1 Å². The van der Waals surface area contributed by atoms with E-state index in [2.05, 4.69) is 22.2 Å². The number of thioether (sulfide) groups is 1. The summed E-state index contributed by atoms with van der Waals surface area (Å²) in [6, 6.07) is -0.403. The molecule has 4 rings (SSSR count). The molecule has 2 bridgehead atoms. The van der Waals surface area contributed by atoms with Crippen LogP contribution in [0.1, 0.15) is 43.0 Å². The minimum atomic E-state index is -0.456. The van der Waals surface area contributed by atoms with Crippen molar-refractivity contribution in [2.75, 3.05) is 5.75 Å². The Bertz CT molecular complexity index is 1120. The molecule has 0 aliphatic heterocycles. The number of carbonyl (C=O) groups is 2. The summed E-state index contributed by atoms with van der Waals surface area (Å²) >= 11 is 2.63. The van der Waals surface area contributed by atoms with Gasteiger partial charge in [0.25, 0.3) is 5.56 Å². The number of aryl methyl sites for hydroxylation is 2. The standard InChI is InChI=1S/C23H30N4O3S2/c1-5-8-27-21(29)19-12(2)14(4)32-20(19)26-23(27)31-11-18(28)25-22(30)24-13(3)17-10-15-6-7-16(17)9-15/h5,13,15-17H,1,6-11H2,2-4H3,(H2,24,25,28,30)/t13-,15-,16-,17+/m0/s1. The first-order valence-electron chi connectivity index (χ1n) is 11.1. The third kappa shape index (κ3) is 4.50. The van der Waals surface area contributed by atoms with Crippen LogP contribution in [-0.4, -0.2) is 33.3 Å². The van der Waals surface area contributed by atoms with Gasteiger partial charge in [0.15, 0.2) is 5.16 Å². The van der Waals surface area contributed by atoms with Gasteiger partial charge in [-0.05, 0) is 63.4 Å². The van der Waals surface area contributed by atoms with E-state index in [4.69, 9.17) is 0 Å². The van der Waals surface area contributed by atoms with Crippen LogP contribution >= 0.6 is 23.1 Å². The predicted molar refractivity (Wildman–Crippen MR) is 129 cm³/mol. The van der Waals surface area contributed by atoms with Gasteiger partial charge in [0.2, 0.25) is 5.91 Å². The highest BCUT2D eigenvalue weighted by Crippen LogP contribution is 2.49. The number of allylic oxidation sites excluding steroid dienone is 1. The molecule has 2 aliphatic rings. The highest BCUT2D eigenvalue weighted by molar-refractivity contribution is 7.99. The van der Waals surface area contributed by atoms with Gasteiger partial charge >= 0.3 is 6.03 Å². The maximum absolute atomic E-state index is 13.0. The van der Waals surface area contributed by atoms with Crippen LogP contribution < -0.4 is 16.2 Å². The van der Waals surface area contributed by atoms with Gasteiger partial charge in [-0.1, -0.05) is 24.3 Å². The molecule has 2 aromatic rings. The molecular formula is C23H30N4O3S2. The van der Waals surface area contributed by atoms with E-state index in [0.29, 0.717) is 33.8 Å². The lowest BCUT2D eigenvalue weighted by molar-refractivity contribution is -0.117. The molecule has 0 radical (unpaired) electrons. The van der Waals surface area contributed by atoms with Crippen molar-refractivity contribution in [3.05, 3.63) is 33.4 Å². The Kier molecular flexibility index (Phi) is 6.76. The first-order valence-corrected chi connectivity index (χ1v) is 12.9. The van der Waals surface area contributed by atoms with Crippen LogP contribution in [0.4, 0.5) is 4.79 Å². The minimum Gasteiger partial charge on any atom is -0.335 e. The van der Waals surface area contributed by atoms with Crippen molar-refractivity contribution < 1.29 is 9.59 Å². The summed E-state index contributed by atoms with van der Waals surface area (Å²) in [6.45, 7) is 9.96. The fraction of sp³-hybridized carbons (Fsp3) is 0.565. The van der Waals surface area contributed by atoms with E-state index in [9.17, 15) is 14.4 Å². The second kappa shape index (κ2) is 9.39. The van der Waals surface area contributed by atoms with Crippen molar-refractivity contribution in [3.63, 3.8) is 0 Å². The Balaban J connectivity index is 1.38. The average Bonchev–Trinajstić information content (AvgIpc) is 3.44. The van der Waals surface area contributed by atoms with E-state index in [1.807, 2.05) is 20.8 Å². The number of aromatic nitrogens is 2. The van der Waals surface area contributed by atoms with E-state index in [1.54, 1.807) is 6.08 Å². The molecule has 2 aromatic heterocycles. The summed E-state index contributed by atoms with van der Waals surface area (Å²) in [5.41, 5.74) is 0.813. The zero-order valence-electron chi connectivity index (χ0n) is 18.8. The molecule has 2 saturated carbocycles. The van der Waals surface area contributed by atoms with Crippen molar-refractivity contribution in [2.24, 2.45) is 17.8 Å². The number of rotatable bonds is 7. The number of hydrogen-bond acceptors (Lipinski definition) is 6. The minimum absolute atomic E-state index is 0.00560. The van der Waals surface area contributed by atoms with Gasteiger partial charge in [0.05, 0.1) is 11.1 Å². The van der Waals surface area contributed by atoms with Crippen molar-refractivity contribution in [1.29, 1.82) is 0 Å². The van der Waals surface area contributed by atoms with Gasteiger partial charge in [-0.3, -0.25) is 19.5 Å². The van der Waals surface area contributed by atoms with Crippen molar-refractivity contribution in [3.8, 4) is 0 Å². The smallest absolute Gasteiger partial charge is 0.321 e. The van der Waals surface area contributed by atoms with E-state index in [0.717, 1.165) is 28.1 Å². The molecule has 7 nitrogen and oxygen atoms in total. The van der Waals surface area contributed by atoms with E-state index in [1.165, 1.54) is 41.6 Å². The number of nitrogens with one attached hydrogen (secondary N) is 2. The van der Waals surface area contributed by atoms with E-state index < -0.39 is 11.9 Å². The van der Waals surface area contributed by atoms with Crippen LogP contribution in [0, 0.1) is 31.6 Å². The molecule has 9 heteroatoms. The summed E-state index contributed by atoms with van der Waals surface area (Å²) in [5.74, 6) is 1.60. The Labute approximate surface area is 196 Å². The second-order valence-corrected chi connectivity index (χ2v) is 11.1. The molecule has 0 spiro atoms. The van der Waals surface area contributed by atoms with Gasteiger partial charge in [-0.15, -0.1) is 17.9 Å². The van der Waals surface area contributed by atoms with E-state index in [-0.39, 0.29) is 17.4 Å². The summed E-state index contributed by atoms with van der Waals surface area (Å²) in [6.07, 6.45) is 6.66. The molecule has 32 heavy (non-hydrogen) atoms. The molecule has 2 fully saturated rings. The molecule has 0 saturated heterocycles. The van der Waals surface area contributed by atoms with Crippen molar-refractivity contribution in [2.45, 2.75) is 64.2 Å². The summed E-state index contributed by atoms with van der Waals surface area (Å²) < 4.78 is 1.53. The van der Waals surface area contributed by atoms with Gasteiger partial charge in [-0.25, -0.2) is 9.78 Å². The fourth-order valence-electron chi connectivity index (χ4n) is 5.26. The lowest BCUT2D eigenvalue weighted by Crippen LogP contribution is -2.47. The average molecular weight is 475 g/mol. The molecule has 2 aliphatic carbocycles. The van der Waals surface area contributed by atoms with Gasteiger partial charge in [0.1, 0.15) is 4.83 Å². The monoisotopic (exact) mass is 474 g/mol. The van der Waals surface area contributed by atoms with Gasteiger partial charge in [0, 0.05) is 17.5 Å². The largest absolute Gasteiger partial charge is 0.335 e. The molecular weight excluding hydrogens is 444 g/mol. The summed E-state index contributed by atoms with van der Waals surface area (Å²) in [7, 11) is 0. The maximum Gasteiger partial charge on any atom is 0.321 e. The summed E-state index contributed by atoms with van der Waals surface area (Å²) in [5, 5.41) is 6.45. The van der Waals surface area contributed by atoms with Crippen LogP contribution in [0.5, 0.6) is 0 Å². The molecule has 3 amide bonds. The Hall–Kier alpha value is -2.13. The van der Waals surface area contributed by atoms with Gasteiger partial charge < -0.3 is 5.32 Å². The fourth-order valence-corrected chi connectivity index (χ4v) is 7.14. The number of carbonyl (C=O) groups excluding carboxylic acids is 2. The first kappa shape index (κ1) is 23.0. The van der Waals surface area contributed by atoms with E-state index >= 15 is 0 Å². The SMILES string of the molecule is C=CCn1c(SCC(=O)NC(=O)N[C@@H](C)[C@H]2C[C@H]3CC[C@H]2C3)nc2sc(C)c(C)c2c1=O. The lowest BCUT2D eigenvalue weighted by atomic mass is 9.84. The number of urea groups is 1. The van der Waals surface area contributed by atoms with Crippen molar-refractivity contribution in [1.82, 2.24) is 20.2 Å². The van der Waals surface area contributed by atoms with Crippen molar-refractivity contribution >= 4 is 45.3 Å². The second-order valence-electron chi connectivity index (χ2n) is 9.00. The lowest BCUT2D eigenvalue weighted by Gasteiger charge is -2.28. The molecule has 2 N–H and O–H groups in total. The zero-order chi connectivity index (χ0) is 23.0. The quantitative estimate of drug-likeness (QED) is 0.359. The molecule has 0 unspecified atom stereocenters. The number of amides is 3. The maximum atomic E-state index is 13.0. The number of hydrogen-bond donors (Lipinski definition) is 2. The number of nitrogens with zero attached hydrogens (tertiary/aromatic N) is 2. The molecule has 4 atom stereocenters.